The number of hydrogen-bond donors (Lipinski definition) is 3. The molecular formula is C15H18ClN3O2. The summed E-state index contributed by atoms with van der Waals surface area (Å²) in [5.74, 6) is -0.0912. The first-order valence-corrected chi connectivity index (χ1v) is 6.92. The monoisotopic (exact) mass is 307 g/mol. The molecule has 112 valence electrons. The minimum atomic E-state index is -0.496. The second-order valence-corrected chi connectivity index (χ2v) is 6.44. The Morgan fingerprint density at radius 3 is 2.57 bits per heavy atom. The van der Waals surface area contributed by atoms with Gasteiger partial charge in [-0.2, -0.15) is 4.98 Å². The number of nitrogens with two attached hydrogens (primary N) is 1. The molecule has 21 heavy (non-hydrogen) atoms. The van der Waals surface area contributed by atoms with Crippen LogP contribution in [0.3, 0.4) is 0 Å². The summed E-state index contributed by atoms with van der Waals surface area (Å²) < 4.78 is 0. The number of rotatable bonds is 2. The number of halogens is 1. The first-order chi connectivity index (χ1) is 9.70. The zero-order valence-corrected chi connectivity index (χ0v) is 12.9. The summed E-state index contributed by atoms with van der Waals surface area (Å²) in [6, 6.07) is 6.17. The van der Waals surface area contributed by atoms with Crippen molar-refractivity contribution >= 4 is 11.6 Å². The standard InChI is InChI=1S/C15H18ClN3O2/c1-15(2,3)11(17)12-18-13(20)10(14(21)19-12)8-5-4-6-9(16)7-8/h4-7,11H,17H2,1-3H3,(H2,18,19,20,21). The summed E-state index contributed by atoms with van der Waals surface area (Å²) in [5, 5.41) is 10.6. The highest BCUT2D eigenvalue weighted by Crippen LogP contribution is 2.31. The maximum absolute atomic E-state index is 12.2. The summed E-state index contributed by atoms with van der Waals surface area (Å²) in [6.07, 6.45) is 0. The molecule has 1 heterocycles. The molecule has 0 fully saturated rings. The van der Waals surface area contributed by atoms with Gasteiger partial charge in [-0.1, -0.05) is 44.5 Å². The molecule has 4 N–H and O–H groups in total. The summed E-state index contributed by atoms with van der Waals surface area (Å²) in [6.45, 7) is 5.79. The van der Waals surface area contributed by atoms with Gasteiger partial charge < -0.3 is 15.8 Å². The van der Waals surface area contributed by atoms with Gasteiger partial charge in [0.25, 0.3) is 5.56 Å². The summed E-state index contributed by atoms with van der Waals surface area (Å²) in [5.41, 5.74) is 5.91. The quantitative estimate of drug-likeness (QED) is 0.795. The Morgan fingerprint density at radius 1 is 1.38 bits per heavy atom. The first kappa shape index (κ1) is 15.5. The van der Waals surface area contributed by atoms with E-state index in [1.54, 1.807) is 24.3 Å². The Hall–Kier alpha value is -1.85. The van der Waals surface area contributed by atoms with Crippen LogP contribution in [0, 0.1) is 5.41 Å². The van der Waals surface area contributed by atoms with Crippen molar-refractivity contribution in [3.8, 4) is 17.0 Å². The van der Waals surface area contributed by atoms with Crippen molar-refractivity contribution in [1.29, 1.82) is 0 Å². The van der Waals surface area contributed by atoms with Crippen molar-refractivity contribution in [1.82, 2.24) is 9.97 Å². The van der Waals surface area contributed by atoms with Crippen LogP contribution >= 0.6 is 11.6 Å². The molecule has 1 unspecified atom stereocenters. The van der Waals surface area contributed by atoms with Crippen LogP contribution in [-0.2, 0) is 0 Å². The second-order valence-electron chi connectivity index (χ2n) is 6.00. The average Bonchev–Trinajstić information content (AvgIpc) is 2.36. The fraction of sp³-hybridized carbons (Fsp3) is 0.333. The van der Waals surface area contributed by atoms with Crippen molar-refractivity contribution in [3.05, 3.63) is 45.5 Å². The molecule has 2 aromatic rings. The zero-order chi connectivity index (χ0) is 15.8. The van der Waals surface area contributed by atoms with E-state index in [0.717, 1.165) is 0 Å². The first-order valence-electron chi connectivity index (χ1n) is 6.55. The van der Waals surface area contributed by atoms with Crippen LogP contribution in [0.1, 0.15) is 32.6 Å². The van der Waals surface area contributed by atoms with Crippen molar-refractivity contribution in [2.45, 2.75) is 26.8 Å². The molecule has 0 saturated carbocycles. The fourth-order valence-corrected chi connectivity index (χ4v) is 2.13. The third-order valence-corrected chi connectivity index (χ3v) is 3.49. The van der Waals surface area contributed by atoms with Crippen LogP contribution in [0.5, 0.6) is 5.88 Å². The van der Waals surface area contributed by atoms with Crippen molar-refractivity contribution < 1.29 is 5.11 Å². The normalized spacial score (nSPS) is 13.2. The van der Waals surface area contributed by atoms with Crippen molar-refractivity contribution in [3.63, 3.8) is 0 Å². The Labute approximate surface area is 127 Å². The molecule has 0 aliphatic carbocycles. The molecule has 5 nitrogen and oxygen atoms in total. The molecule has 0 aliphatic heterocycles. The highest BCUT2D eigenvalue weighted by molar-refractivity contribution is 6.30. The van der Waals surface area contributed by atoms with Gasteiger partial charge in [-0.15, -0.1) is 0 Å². The maximum atomic E-state index is 12.2. The lowest BCUT2D eigenvalue weighted by Gasteiger charge is -2.26. The molecular weight excluding hydrogens is 290 g/mol. The van der Waals surface area contributed by atoms with E-state index >= 15 is 0 Å². The highest BCUT2D eigenvalue weighted by atomic mass is 35.5. The number of hydrogen-bond acceptors (Lipinski definition) is 4. The summed E-state index contributed by atoms with van der Waals surface area (Å²) in [7, 11) is 0. The zero-order valence-electron chi connectivity index (χ0n) is 12.1. The van der Waals surface area contributed by atoms with E-state index in [1.807, 2.05) is 20.8 Å². The predicted molar refractivity (Wildman–Crippen MR) is 83.4 cm³/mol. The molecule has 0 amide bonds. The molecule has 1 atom stereocenters. The molecule has 1 aromatic heterocycles. The van der Waals surface area contributed by atoms with E-state index in [0.29, 0.717) is 10.6 Å². The van der Waals surface area contributed by atoms with E-state index in [-0.39, 0.29) is 22.7 Å². The lowest BCUT2D eigenvalue weighted by molar-refractivity contribution is 0.311. The van der Waals surface area contributed by atoms with Gasteiger partial charge in [0.2, 0.25) is 5.88 Å². The summed E-state index contributed by atoms with van der Waals surface area (Å²) in [4.78, 5) is 18.9. The van der Waals surface area contributed by atoms with E-state index in [4.69, 9.17) is 17.3 Å². The molecule has 2 rings (SSSR count). The number of nitrogens with zero attached hydrogens (tertiary/aromatic N) is 1. The number of benzene rings is 1. The van der Waals surface area contributed by atoms with Crippen LogP contribution < -0.4 is 11.3 Å². The van der Waals surface area contributed by atoms with Crippen LogP contribution in [0.2, 0.25) is 5.02 Å². The Morgan fingerprint density at radius 2 is 2.05 bits per heavy atom. The number of nitrogens with one attached hydrogen (secondary N) is 1. The lowest BCUT2D eigenvalue weighted by Crippen LogP contribution is -2.30. The van der Waals surface area contributed by atoms with E-state index < -0.39 is 11.6 Å². The van der Waals surface area contributed by atoms with E-state index in [1.165, 1.54) is 0 Å². The Kier molecular flexibility index (Phi) is 4.07. The number of H-pyrrole nitrogens is 1. The molecule has 0 saturated heterocycles. The molecule has 1 aromatic carbocycles. The van der Waals surface area contributed by atoms with Crippen LogP contribution in [0.25, 0.3) is 11.1 Å². The largest absolute Gasteiger partial charge is 0.493 e. The number of aromatic amines is 1. The van der Waals surface area contributed by atoms with Gasteiger partial charge in [0.05, 0.1) is 6.04 Å². The van der Waals surface area contributed by atoms with Crippen LogP contribution in [0.4, 0.5) is 0 Å². The molecule has 0 spiro atoms. The fourth-order valence-electron chi connectivity index (χ4n) is 1.94. The minimum Gasteiger partial charge on any atom is -0.493 e. The molecule has 6 heteroatoms. The summed E-state index contributed by atoms with van der Waals surface area (Å²) >= 11 is 5.91. The van der Waals surface area contributed by atoms with Gasteiger partial charge in [0, 0.05) is 5.02 Å². The Bertz CT molecular complexity index is 720. The molecule has 0 aliphatic rings. The van der Waals surface area contributed by atoms with Crippen molar-refractivity contribution in [2.24, 2.45) is 11.1 Å². The smallest absolute Gasteiger partial charge is 0.262 e. The Balaban J connectivity index is 2.56. The highest BCUT2D eigenvalue weighted by Gasteiger charge is 2.26. The van der Waals surface area contributed by atoms with E-state index in [2.05, 4.69) is 9.97 Å². The third kappa shape index (κ3) is 3.25. The second kappa shape index (κ2) is 5.50. The van der Waals surface area contributed by atoms with E-state index in [9.17, 15) is 9.90 Å². The van der Waals surface area contributed by atoms with Crippen LogP contribution in [-0.4, -0.2) is 15.1 Å². The van der Waals surface area contributed by atoms with Gasteiger partial charge in [0.15, 0.2) is 0 Å². The SMILES string of the molecule is CC(C)(C)C(N)c1nc(O)c(-c2cccc(Cl)c2)c(=O)[nH]1. The van der Waals surface area contributed by atoms with Gasteiger partial charge in [0.1, 0.15) is 11.4 Å². The third-order valence-electron chi connectivity index (χ3n) is 3.26. The molecule has 0 radical (unpaired) electrons. The molecule has 0 bridgehead atoms. The minimum absolute atomic E-state index is 0.0855. The average molecular weight is 308 g/mol. The maximum Gasteiger partial charge on any atom is 0.262 e. The van der Waals surface area contributed by atoms with Gasteiger partial charge in [-0.05, 0) is 23.1 Å². The predicted octanol–water partition coefficient (Wildman–Crippen LogP) is 2.84. The van der Waals surface area contributed by atoms with Crippen molar-refractivity contribution in [2.75, 3.05) is 0 Å². The number of aromatic nitrogens is 2. The van der Waals surface area contributed by atoms with Gasteiger partial charge in [-0.3, -0.25) is 4.79 Å². The lowest BCUT2D eigenvalue weighted by atomic mass is 9.87. The number of aromatic hydroxyl groups is 1. The van der Waals surface area contributed by atoms with Crippen LogP contribution in [0.15, 0.2) is 29.1 Å². The van der Waals surface area contributed by atoms with Gasteiger partial charge >= 0.3 is 0 Å². The topological polar surface area (TPSA) is 92.0 Å². The van der Waals surface area contributed by atoms with Gasteiger partial charge in [-0.25, -0.2) is 0 Å².